The van der Waals surface area contributed by atoms with Crippen LogP contribution in [0.15, 0.2) is 46.2 Å². The standard InChI is InChI=1S/C14H20S/c1-3-5-10-13(9-4-2)15-14-11-7-6-8-12-14/h6-9,11-12H,3-5,10H2,1-2H3/b13-9+. The average molecular weight is 220 g/mol. The Labute approximate surface area is 97.8 Å². The first kappa shape index (κ1) is 12.4. The number of benzene rings is 1. The second-order valence-corrected chi connectivity index (χ2v) is 4.80. The molecule has 1 aromatic rings. The van der Waals surface area contributed by atoms with Gasteiger partial charge in [0.25, 0.3) is 0 Å². The molecule has 15 heavy (non-hydrogen) atoms. The van der Waals surface area contributed by atoms with E-state index in [4.69, 9.17) is 0 Å². The molecule has 1 rings (SSSR count). The Morgan fingerprint density at radius 1 is 1.20 bits per heavy atom. The van der Waals surface area contributed by atoms with Crippen molar-refractivity contribution in [2.75, 3.05) is 0 Å². The topological polar surface area (TPSA) is 0 Å². The SMILES string of the molecule is CC/C=C(\CCCC)Sc1ccccc1. The molecule has 0 aliphatic rings. The molecule has 0 amide bonds. The van der Waals surface area contributed by atoms with Gasteiger partial charge in [-0.3, -0.25) is 0 Å². The Balaban J connectivity index is 2.55. The number of thioether (sulfide) groups is 1. The minimum absolute atomic E-state index is 1.14. The van der Waals surface area contributed by atoms with Crippen molar-refractivity contribution in [1.82, 2.24) is 0 Å². The van der Waals surface area contributed by atoms with Crippen molar-refractivity contribution in [3.05, 3.63) is 41.3 Å². The highest BCUT2D eigenvalue weighted by Crippen LogP contribution is 2.30. The van der Waals surface area contributed by atoms with E-state index in [2.05, 4.69) is 50.3 Å². The van der Waals surface area contributed by atoms with Gasteiger partial charge in [0.05, 0.1) is 0 Å². The third-order valence-electron chi connectivity index (χ3n) is 2.20. The van der Waals surface area contributed by atoms with E-state index in [0.29, 0.717) is 0 Å². The van der Waals surface area contributed by atoms with E-state index >= 15 is 0 Å². The van der Waals surface area contributed by atoms with Crippen molar-refractivity contribution >= 4 is 11.8 Å². The molecule has 1 aromatic carbocycles. The summed E-state index contributed by atoms with van der Waals surface area (Å²) in [6.07, 6.45) is 7.29. The summed E-state index contributed by atoms with van der Waals surface area (Å²) in [4.78, 5) is 2.87. The summed E-state index contributed by atoms with van der Waals surface area (Å²) >= 11 is 1.91. The summed E-state index contributed by atoms with van der Waals surface area (Å²) < 4.78 is 0. The number of unbranched alkanes of at least 4 members (excludes halogenated alkanes) is 1. The zero-order valence-corrected chi connectivity index (χ0v) is 10.5. The van der Waals surface area contributed by atoms with Crippen molar-refractivity contribution in [2.45, 2.75) is 44.4 Å². The maximum Gasteiger partial charge on any atom is 0.0118 e. The smallest absolute Gasteiger partial charge is 0.0118 e. The zero-order chi connectivity index (χ0) is 10.9. The lowest BCUT2D eigenvalue weighted by molar-refractivity contribution is 0.806. The molecule has 0 saturated heterocycles. The maximum absolute atomic E-state index is 2.35. The Bertz CT molecular complexity index is 287. The molecular weight excluding hydrogens is 200 g/mol. The van der Waals surface area contributed by atoms with Crippen LogP contribution in [0.3, 0.4) is 0 Å². The first-order valence-electron chi connectivity index (χ1n) is 5.78. The monoisotopic (exact) mass is 220 g/mol. The van der Waals surface area contributed by atoms with Gasteiger partial charge in [0.2, 0.25) is 0 Å². The number of hydrogen-bond acceptors (Lipinski definition) is 1. The number of hydrogen-bond donors (Lipinski definition) is 0. The number of allylic oxidation sites excluding steroid dienone is 2. The van der Waals surface area contributed by atoms with Crippen molar-refractivity contribution in [3.8, 4) is 0 Å². The Morgan fingerprint density at radius 3 is 2.53 bits per heavy atom. The van der Waals surface area contributed by atoms with Crippen LogP contribution in [-0.2, 0) is 0 Å². The van der Waals surface area contributed by atoms with Gasteiger partial charge in [-0.25, -0.2) is 0 Å². The highest BCUT2D eigenvalue weighted by Gasteiger charge is 1.99. The fraction of sp³-hybridized carbons (Fsp3) is 0.429. The van der Waals surface area contributed by atoms with Crippen LogP contribution >= 0.6 is 11.8 Å². The molecular formula is C14H20S. The fourth-order valence-electron chi connectivity index (χ4n) is 1.41. The third-order valence-corrected chi connectivity index (χ3v) is 3.34. The molecule has 0 bridgehead atoms. The van der Waals surface area contributed by atoms with Gasteiger partial charge in [-0.1, -0.05) is 56.3 Å². The van der Waals surface area contributed by atoms with E-state index in [1.807, 2.05) is 11.8 Å². The molecule has 0 aliphatic carbocycles. The van der Waals surface area contributed by atoms with Crippen molar-refractivity contribution < 1.29 is 0 Å². The Morgan fingerprint density at radius 2 is 1.93 bits per heavy atom. The first-order chi connectivity index (χ1) is 7.36. The van der Waals surface area contributed by atoms with E-state index in [1.165, 1.54) is 29.1 Å². The lowest BCUT2D eigenvalue weighted by Gasteiger charge is -2.06. The minimum atomic E-state index is 1.14. The molecule has 0 heterocycles. The van der Waals surface area contributed by atoms with E-state index in [1.54, 1.807) is 0 Å². The third kappa shape index (κ3) is 5.08. The molecule has 0 atom stereocenters. The summed E-state index contributed by atoms with van der Waals surface area (Å²) in [5.41, 5.74) is 0. The molecule has 0 saturated carbocycles. The highest BCUT2D eigenvalue weighted by atomic mass is 32.2. The molecule has 0 spiro atoms. The Hall–Kier alpha value is -0.690. The fourth-order valence-corrected chi connectivity index (χ4v) is 2.51. The van der Waals surface area contributed by atoms with E-state index in [9.17, 15) is 0 Å². The van der Waals surface area contributed by atoms with Crippen LogP contribution in [0.5, 0.6) is 0 Å². The molecule has 0 nitrogen and oxygen atoms in total. The van der Waals surface area contributed by atoms with Crippen LogP contribution in [0.1, 0.15) is 39.5 Å². The Kier molecular flexibility index (Phi) is 6.26. The van der Waals surface area contributed by atoms with E-state index in [-0.39, 0.29) is 0 Å². The van der Waals surface area contributed by atoms with Crippen LogP contribution in [0.2, 0.25) is 0 Å². The molecule has 0 N–H and O–H groups in total. The predicted molar refractivity (Wildman–Crippen MR) is 70.2 cm³/mol. The maximum atomic E-state index is 2.35. The normalized spacial score (nSPS) is 11.7. The molecule has 1 heteroatoms. The second-order valence-electron chi connectivity index (χ2n) is 3.60. The highest BCUT2D eigenvalue weighted by molar-refractivity contribution is 8.03. The first-order valence-corrected chi connectivity index (χ1v) is 6.60. The summed E-state index contributed by atoms with van der Waals surface area (Å²) in [5.74, 6) is 0. The van der Waals surface area contributed by atoms with Crippen molar-refractivity contribution in [1.29, 1.82) is 0 Å². The number of rotatable bonds is 6. The van der Waals surface area contributed by atoms with Gasteiger partial charge >= 0.3 is 0 Å². The molecule has 0 aliphatic heterocycles. The van der Waals surface area contributed by atoms with Gasteiger partial charge in [0, 0.05) is 4.90 Å². The molecule has 0 fully saturated rings. The lowest BCUT2D eigenvalue weighted by atomic mass is 10.2. The van der Waals surface area contributed by atoms with Crippen LogP contribution in [0.25, 0.3) is 0 Å². The predicted octanol–water partition coefficient (Wildman–Crippen LogP) is 5.26. The summed E-state index contributed by atoms with van der Waals surface area (Å²) in [5, 5.41) is 0. The molecule has 82 valence electrons. The van der Waals surface area contributed by atoms with E-state index < -0.39 is 0 Å². The summed E-state index contributed by atoms with van der Waals surface area (Å²) in [7, 11) is 0. The second kappa shape index (κ2) is 7.58. The van der Waals surface area contributed by atoms with Crippen LogP contribution in [0, 0.1) is 0 Å². The largest absolute Gasteiger partial charge is 0.0949 e. The average Bonchev–Trinajstić information content (AvgIpc) is 2.28. The van der Waals surface area contributed by atoms with Gasteiger partial charge in [-0.05, 0) is 36.3 Å². The van der Waals surface area contributed by atoms with Crippen molar-refractivity contribution in [3.63, 3.8) is 0 Å². The lowest BCUT2D eigenvalue weighted by Crippen LogP contribution is -1.80. The van der Waals surface area contributed by atoms with Crippen LogP contribution in [-0.4, -0.2) is 0 Å². The van der Waals surface area contributed by atoms with Crippen LogP contribution < -0.4 is 0 Å². The minimum Gasteiger partial charge on any atom is -0.0949 e. The van der Waals surface area contributed by atoms with E-state index in [0.717, 1.165) is 6.42 Å². The quantitative estimate of drug-likeness (QED) is 0.589. The summed E-state index contributed by atoms with van der Waals surface area (Å²) in [6, 6.07) is 10.6. The van der Waals surface area contributed by atoms with Crippen LogP contribution in [0.4, 0.5) is 0 Å². The van der Waals surface area contributed by atoms with Crippen molar-refractivity contribution in [2.24, 2.45) is 0 Å². The summed E-state index contributed by atoms with van der Waals surface area (Å²) in [6.45, 7) is 4.45. The van der Waals surface area contributed by atoms with Gasteiger partial charge < -0.3 is 0 Å². The molecule has 0 aromatic heterocycles. The molecule has 0 radical (unpaired) electrons. The van der Waals surface area contributed by atoms with Gasteiger partial charge in [-0.2, -0.15) is 0 Å². The van der Waals surface area contributed by atoms with Gasteiger partial charge in [0.1, 0.15) is 0 Å². The molecule has 0 unspecified atom stereocenters. The van der Waals surface area contributed by atoms with Gasteiger partial charge in [0.15, 0.2) is 0 Å². The van der Waals surface area contributed by atoms with Gasteiger partial charge in [-0.15, -0.1) is 0 Å². The zero-order valence-electron chi connectivity index (χ0n) is 9.70.